The number of nitrogens with one attached hydrogen (secondary N) is 3. The van der Waals surface area contributed by atoms with Crippen LogP contribution in [0.3, 0.4) is 0 Å². The van der Waals surface area contributed by atoms with E-state index in [2.05, 4.69) is 16.0 Å². The number of hydrogen-bond acceptors (Lipinski definition) is 4. The summed E-state index contributed by atoms with van der Waals surface area (Å²) in [6.07, 6.45) is 2.20. The van der Waals surface area contributed by atoms with Crippen LogP contribution in [-0.4, -0.2) is 38.0 Å². The summed E-state index contributed by atoms with van der Waals surface area (Å²) in [5, 5.41) is 8.66. The van der Waals surface area contributed by atoms with Crippen molar-refractivity contribution in [3.05, 3.63) is 23.7 Å². The smallest absolute Gasteiger partial charge is 0.287 e. The Balaban J connectivity index is 0.00000200. The summed E-state index contributed by atoms with van der Waals surface area (Å²) in [7, 11) is 0. The Hall–Kier alpha value is -1.53. The van der Waals surface area contributed by atoms with Crippen molar-refractivity contribution >= 4 is 24.2 Å². The lowest BCUT2D eigenvalue weighted by molar-refractivity contribution is -0.126. The summed E-state index contributed by atoms with van der Waals surface area (Å²) in [6.45, 7) is 4.45. The number of rotatable bonds is 6. The van der Waals surface area contributed by atoms with Gasteiger partial charge in [-0.3, -0.25) is 9.59 Å². The van der Waals surface area contributed by atoms with Crippen molar-refractivity contribution in [2.45, 2.75) is 13.3 Å². The lowest BCUT2D eigenvalue weighted by atomic mass is 10.0. The van der Waals surface area contributed by atoms with Crippen LogP contribution >= 0.6 is 12.4 Å². The van der Waals surface area contributed by atoms with Crippen molar-refractivity contribution in [3.63, 3.8) is 0 Å². The summed E-state index contributed by atoms with van der Waals surface area (Å²) in [4.78, 5) is 23.2. The largest absolute Gasteiger partial charge is 0.459 e. The molecule has 0 bridgehead atoms. The molecule has 1 aromatic rings. The number of hydrogen-bond donors (Lipinski definition) is 3. The van der Waals surface area contributed by atoms with E-state index in [0.717, 1.165) is 18.7 Å². The third kappa shape index (κ3) is 4.25. The zero-order chi connectivity index (χ0) is 13.7. The van der Waals surface area contributed by atoms with E-state index in [0.29, 0.717) is 25.3 Å². The highest BCUT2D eigenvalue weighted by Gasteiger charge is 2.24. The van der Waals surface area contributed by atoms with Gasteiger partial charge in [0.2, 0.25) is 5.91 Å². The zero-order valence-corrected chi connectivity index (χ0v) is 12.2. The molecule has 2 amide bonds. The first kappa shape index (κ1) is 16.5. The van der Waals surface area contributed by atoms with Crippen LogP contribution in [0.4, 0.5) is 0 Å². The van der Waals surface area contributed by atoms with Crippen LogP contribution < -0.4 is 16.0 Å². The molecule has 20 heavy (non-hydrogen) atoms. The second kappa shape index (κ2) is 7.91. The molecule has 1 fully saturated rings. The van der Waals surface area contributed by atoms with Gasteiger partial charge in [0.05, 0.1) is 12.2 Å². The molecule has 3 N–H and O–H groups in total. The minimum Gasteiger partial charge on any atom is -0.459 e. The van der Waals surface area contributed by atoms with Gasteiger partial charge >= 0.3 is 0 Å². The van der Waals surface area contributed by atoms with Crippen molar-refractivity contribution in [1.29, 1.82) is 0 Å². The fourth-order valence-corrected chi connectivity index (χ4v) is 1.81. The van der Waals surface area contributed by atoms with E-state index in [1.807, 2.05) is 6.92 Å². The third-order valence-electron chi connectivity index (χ3n) is 3.16. The number of halogens is 1. The summed E-state index contributed by atoms with van der Waals surface area (Å²) in [5.41, 5.74) is 0.822. The molecule has 0 aliphatic carbocycles. The van der Waals surface area contributed by atoms with E-state index in [4.69, 9.17) is 4.42 Å². The van der Waals surface area contributed by atoms with Crippen LogP contribution in [0.2, 0.25) is 0 Å². The molecular weight excluding hydrogens is 282 g/mol. The van der Waals surface area contributed by atoms with Crippen molar-refractivity contribution in [2.24, 2.45) is 5.92 Å². The first-order valence-electron chi connectivity index (χ1n) is 6.49. The third-order valence-corrected chi connectivity index (χ3v) is 3.16. The maximum Gasteiger partial charge on any atom is 0.287 e. The van der Waals surface area contributed by atoms with Crippen LogP contribution in [0.1, 0.15) is 22.5 Å². The van der Waals surface area contributed by atoms with E-state index < -0.39 is 0 Å². The van der Waals surface area contributed by atoms with Gasteiger partial charge in [-0.25, -0.2) is 0 Å². The number of aryl methyl sites for hydroxylation is 1. The maximum atomic E-state index is 11.7. The molecule has 0 saturated carbocycles. The van der Waals surface area contributed by atoms with Crippen LogP contribution in [0.25, 0.3) is 0 Å². The molecule has 0 aromatic carbocycles. The molecule has 0 spiro atoms. The number of amides is 2. The van der Waals surface area contributed by atoms with E-state index in [-0.39, 0.29) is 30.1 Å². The van der Waals surface area contributed by atoms with E-state index >= 15 is 0 Å². The number of carbonyl (C=O) groups excluding carboxylic acids is 2. The Kier molecular flexibility index (Phi) is 6.54. The van der Waals surface area contributed by atoms with Gasteiger partial charge in [0.1, 0.15) is 0 Å². The lowest BCUT2D eigenvalue weighted by Crippen LogP contribution is -2.51. The molecule has 1 saturated heterocycles. The highest BCUT2D eigenvalue weighted by Crippen LogP contribution is 2.07. The Bertz CT molecular complexity index is 457. The molecule has 6 nitrogen and oxygen atoms in total. The zero-order valence-electron chi connectivity index (χ0n) is 11.4. The van der Waals surface area contributed by atoms with Gasteiger partial charge in [0, 0.05) is 31.7 Å². The van der Waals surface area contributed by atoms with Gasteiger partial charge in [-0.05, 0) is 19.4 Å². The molecule has 1 aromatic heterocycles. The average Bonchev–Trinajstić information content (AvgIpc) is 2.72. The summed E-state index contributed by atoms with van der Waals surface area (Å²) in [6, 6.07) is 1.75. The first-order valence-corrected chi connectivity index (χ1v) is 6.49. The summed E-state index contributed by atoms with van der Waals surface area (Å²) < 4.78 is 5.09. The number of furan rings is 1. The summed E-state index contributed by atoms with van der Waals surface area (Å²) >= 11 is 0. The highest BCUT2D eigenvalue weighted by atomic mass is 35.5. The highest BCUT2D eigenvalue weighted by molar-refractivity contribution is 5.92. The predicted octanol–water partition coefficient (Wildman–Crippen LogP) is 0.465. The maximum absolute atomic E-state index is 11.7. The van der Waals surface area contributed by atoms with Gasteiger partial charge in [-0.2, -0.15) is 0 Å². The summed E-state index contributed by atoms with van der Waals surface area (Å²) in [5.74, 6) is 0.342. The van der Waals surface area contributed by atoms with Gasteiger partial charge in [-0.15, -0.1) is 12.4 Å². The van der Waals surface area contributed by atoms with Crippen LogP contribution in [0.15, 0.2) is 16.7 Å². The SMILES string of the molecule is Cc1ccoc1C(=O)NCCCNC(=O)C1CNC1.Cl. The van der Waals surface area contributed by atoms with E-state index in [1.165, 1.54) is 6.26 Å². The molecular formula is C13H20ClN3O3. The predicted molar refractivity (Wildman–Crippen MR) is 77.0 cm³/mol. The molecule has 7 heteroatoms. The Labute approximate surface area is 124 Å². The van der Waals surface area contributed by atoms with Gasteiger partial charge < -0.3 is 20.4 Å². The lowest BCUT2D eigenvalue weighted by Gasteiger charge is -2.25. The molecule has 0 atom stereocenters. The standard InChI is InChI=1S/C13H19N3O3.ClH/c1-9-3-6-19-11(9)13(18)16-5-2-4-15-12(17)10-7-14-8-10;/h3,6,10,14H,2,4-5,7-8H2,1H3,(H,15,17)(H,16,18);1H. The average molecular weight is 302 g/mol. The topological polar surface area (TPSA) is 83.4 Å². The second-order valence-electron chi connectivity index (χ2n) is 4.69. The molecule has 112 valence electrons. The second-order valence-corrected chi connectivity index (χ2v) is 4.69. The molecule has 1 aliphatic heterocycles. The molecule has 1 aliphatic rings. The van der Waals surface area contributed by atoms with Crippen molar-refractivity contribution in [2.75, 3.05) is 26.2 Å². The Morgan fingerprint density at radius 3 is 2.60 bits per heavy atom. The van der Waals surface area contributed by atoms with Crippen molar-refractivity contribution < 1.29 is 14.0 Å². The fraction of sp³-hybridized carbons (Fsp3) is 0.538. The first-order chi connectivity index (χ1) is 9.18. The Morgan fingerprint density at radius 2 is 2.05 bits per heavy atom. The van der Waals surface area contributed by atoms with Crippen molar-refractivity contribution in [1.82, 2.24) is 16.0 Å². The van der Waals surface area contributed by atoms with E-state index in [1.54, 1.807) is 6.07 Å². The fourth-order valence-electron chi connectivity index (χ4n) is 1.81. The van der Waals surface area contributed by atoms with Gasteiger partial charge in [-0.1, -0.05) is 0 Å². The van der Waals surface area contributed by atoms with Gasteiger partial charge in [0.25, 0.3) is 5.91 Å². The molecule has 0 radical (unpaired) electrons. The minimum absolute atomic E-state index is 0. The van der Waals surface area contributed by atoms with E-state index in [9.17, 15) is 9.59 Å². The number of carbonyl (C=O) groups is 2. The minimum atomic E-state index is -0.211. The quantitative estimate of drug-likeness (QED) is 0.667. The molecule has 2 rings (SSSR count). The molecule has 0 unspecified atom stereocenters. The Morgan fingerprint density at radius 1 is 1.35 bits per heavy atom. The monoisotopic (exact) mass is 301 g/mol. The molecule has 2 heterocycles. The van der Waals surface area contributed by atoms with Crippen LogP contribution in [-0.2, 0) is 4.79 Å². The van der Waals surface area contributed by atoms with Crippen LogP contribution in [0.5, 0.6) is 0 Å². The normalized spacial score (nSPS) is 14.1. The van der Waals surface area contributed by atoms with Crippen LogP contribution in [0, 0.1) is 12.8 Å². The van der Waals surface area contributed by atoms with Gasteiger partial charge in [0.15, 0.2) is 5.76 Å². The van der Waals surface area contributed by atoms with Crippen molar-refractivity contribution in [3.8, 4) is 0 Å².